The molecular weight excluding hydrogens is 288 g/mol. The van der Waals surface area contributed by atoms with Gasteiger partial charge in [-0.05, 0) is 6.92 Å². The first-order chi connectivity index (χ1) is 10.1. The Kier molecular flexibility index (Phi) is 5.46. The van der Waals surface area contributed by atoms with Gasteiger partial charge < -0.3 is 15.2 Å². The second kappa shape index (κ2) is 7.33. The standard InChI is InChI=1S/C14H20N4O2S/c1-9(2)14-17-11(8-21-14)10(3)16-12-6-15-7-13(18-12)20-5-4-19/h6-10,19H,4-5H2,1-3H3,(H,16,18). The molecule has 21 heavy (non-hydrogen) atoms. The van der Waals surface area contributed by atoms with E-state index in [2.05, 4.69) is 39.5 Å². The third-order valence-electron chi connectivity index (χ3n) is 2.80. The first-order valence-electron chi connectivity index (χ1n) is 6.87. The Morgan fingerprint density at radius 2 is 2.10 bits per heavy atom. The number of rotatable bonds is 7. The fourth-order valence-corrected chi connectivity index (χ4v) is 2.63. The summed E-state index contributed by atoms with van der Waals surface area (Å²) in [6, 6.07) is 0.0381. The lowest BCUT2D eigenvalue weighted by Gasteiger charge is -2.12. The molecule has 2 rings (SSSR count). The van der Waals surface area contributed by atoms with Gasteiger partial charge >= 0.3 is 0 Å². The minimum absolute atomic E-state index is 0.0381. The van der Waals surface area contributed by atoms with Gasteiger partial charge in [-0.1, -0.05) is 13.8 Å². The van der Waals surface area contributed by atoms with Crippen molar-refractivity contribution < 1.29 is 9.84 Å². The molecule has 1 atom stereocenters. The van der Waals surface area contributed by atoms with Gasteiger partial charge in [0.1, 0.15) is 12.4 Å². The highest BCUT2D eigenvalue weighted by Crippen LogP contribution is 2.24. The predicted molar refractivity (Wildman–Crippen MR) is 82.9 cm³/mol. The minimum Gasteiger partial charge on any atom is -0.474 e. The van der Waals surface area contributed by atoms with Crippen LogP contribution in [0, 0.1) is 0 Å². The van der Waals surface area contributed by atoms with Crippen LogP contribution in [-0.4, -0.2) is 33.3 Å². The zero-order valence-electron chi connectivity index (χ0n) is 12.4. The van der Waals surface area contributed by atoms with Gasteiger partial charge in [0.15, 0.2) is 0 Å². The Bertz CT molecular complexity index is 574. The summed E-state index contributed by atoms with van der Waals surface area (Å²) >= 11 is 1.67. The monoisotopic (exact) mass is 308 g/mol. The largest absolute Gasteiger partial charge is 0.474 e. The number of thiazole rings is 1. The highest BCUT2D eigenvalue weighted by molar-refractivity contribution is 7.09. The number of aliphatic hydroxyl groups excluding tert-OH is 1. The number of aromatic nitrogens is 3. The van der Waals surface area contributed by atoms with Crippen LogP contribution in [0.15, 0.2) is 17.8 Å². The molecule has 0 amide bonds. The Labute approximate surface area is 128 Å². The number of ether oxygens (including phenoxy) is 1. The molecule has 2 heterocycles. The van der Waals surface area contributed by atoms with Crippen LogP contribution in [0.3, 0.4) is 0 Å². The fraction of sp³-hybridized carbons (Fsp3) is 0.500. The van der Waals surface area contributed by atoms with Gasteiger partial charge in [-0.3, -0.25) is 4.98 Å². The second-order valence-electron chi connectivity index (χ2n) is 4.95. The average molecular weight is 308 g/mol. The Hall–Kier alpha value is -1.73. The Balaban J connectivity index is 2.02. The lowest BCUT2D eigenvalue weighted by molar-refractivity contribution is 0.196. The molecule has 0 radical (unpaired) electrons. The molecular formula is C14H20N4O2S. The van der Waals surface area contributed by atoms with Gasteiger partial charge in [-0.15, -0.1) is 11.3 Å². The van der Waals surface area contributed by atoms with Gasteiger partial charge in [-0.2, -0.15) is 4.98 Å². The van der Waals surface area contributed by atoms with Crippen molar-refractivity contribution in [2.24, 2.45) is 0 Å². The Morgan fingerprint density at radius 3 is 2.76 bits per heavy atom. The van der Waals surface area contributed by atoms with E-state index >= 15 is 0 Å². The fourth-order valence-electron chi connectivity index (χ4n) is 1.70. The molecule has 0 bridgehead atoms. The number of nitrogens with one attached hydrogen (secondary N) is 1. The van der Waals surface area contributed by atoms with Crippen LogP contribution in [0.5, 0.6) is 5.88 Å². The molecule has 114 valence electrons. The van der Waals surface area contributed by atoms with E-state index in [1.807, 2.05) is 6.92 Å². The molecule has 0 aliphatic heterocycles. The summed E-state index contributed by atoms with van der Waals surface area (Å²) in [6.07, 6.45) is 3.16. The molecule has 2 aromatic rings. The molecule has 6 nitrogen and oxygen atoms in total. The summed E-state index contributed by atoms with van der Waals surface area (Å²) < 4.78 is 5.24. The number of aliphatic hydroxyl groups is 1. The summed E-state index contributed by atoms with van der Waals surface area (Å²) in [5.41, 5.74) is 0.993. The van der Waals surface area contributed by atoms with Crippen LogP contribution in [-0.2, 0) is 0 Å². The molecule has 2 N–H and O–H groups in total. The molecule has 0 fully saturated rings. The molecule has 0 aliphatic carbocycles. The zero-order chi connectivity index (χ0) is 15.2. The van der Waals surface area contributed by atoms with E-state index < -0.39 is 0 Å². The van der Waals surface area contributed by atoms with Crippen molar-refractivity contribution in [1.82, 2.24) is 15.0 Å². The van der Waals surface area contributed by atoms with Gasteiger partial charge in [0.05, 0.1) is 35.7 Å². The molecule has 7 heteroatoms. The lowest BCUT2D eigenvalue weighted by atomic mass is 10.2. The van der Waals surface area contributed by atoms with Crippen LogP contribution in [0.25, 0.3) is 0 Å². The molecule has 0 saturated carbocycles. The maximum absolute atomic E-state index is 8.74. The summed E-state index contributed by atoms with van der Waals surface area (Å²) in [7, 11) is 0. The van der Waals surface area contributed by atoms with E-state index in [1.54, 1.807) is 17.5 Å². The molecule has 0 aromatic carbocycles. The summed E-state index contributed by atoms with van der Waals surface area (Å²) in [5.74, 6) is 1.45. The van der Waals surface area contributed by atoms with Crippen molar-refractivity contribution in [1.29, 1.82) is 0 Å². The van der Waals surface area contributed by atoms with Crippen molar-refractivity contribution in [2.45, 2.75) is 32.7 Å². The topological polar surface area (TPSA) is 80.2 Å². The lowest BCUT2D eigenvalue weighted by Crippen LogP contribution is -2.10. The van der Waals surface area contributed by atoms with Crippen LogP contribution in [0.4, 0.5) is 5.82 Å². The molecule has 0 aliphatic rings. The third-order valence-corrected chi connectivity index (χ3v) is 3.96. The minimum atomic E-state index is -0.0491. The first-order valence-corrected chi connectivity index (χ1v) is 7.75. The van der Waals surface area contributed by atoms with Crippen molar-refractivity contribution in [2.75, 3.05) is 18.5 Å². The van der Waals surface area contributed by atoms with Gasteiger partial charge in [0.25, 0.3) is 0 Å². The van der Waals surface area contributed by atoms with E-state index in [9.17, 15) is 0 Å². The van der Waals surface area contributed by atoms with Crippen molar-refractivity contribution >= 4 is 17.2 Å². The van der Waals surface area contributed by atoms with E-state index in [1.165, 1.54) is 6.20 Å². The number of nitrogens with zero attached hydrogens (tertiary/aromatic N) is 3. The normalized spacial score (nSPS) is 12.4. The highest BCUT2D eigenvalue weighted by atomic mass is 32.1. The quantitative estimate of drug-likeness (QED) is 0.818. The zero-order valence-corrected chi connectivity index (χ0v) is 13.2. The molecule has 0 spiro atoms. The highest BCUT2D eigenvalue weighted by Gasteiger charge is 2.12. The Morgan fingerprint density at radius 1 is 1.29 bits per heavy atom. The predicted octanol–water partition coefficient (Wildman–Crippen LogP) is 2.60. The number of anilines is 1. The molecule has 0 saturated heterocycles. The van der Waals surface area contributed by atoms with E-state index in [-0.39, 0.29) is 19.3 Å². The van der Waals surface area contributed by atoms with E-state index in [0.717, 1.165) is 10.7 Å². The van der Waals surface area contributed by atoms with Crippen LogP contribution in [0.2, 0.25) is 0 Å². The summed E-state index contributed by atoms with van der Waals surface area (Å²) in [5, 5.41) is 15.2. The van der Waals surface area contributed by atoms with Crippen molar-refractivity contribution in [3.8, 4) is 5.88 Å². The van der Waals surface area contributed by atoms with Crippen LogP contribution < -0.4 is 10.1 Å². The summed E-state index contributed by atoms with van der Waals surface area (Å²) in [4.78, 5) is 13.0. The number of hydrogen-bond acceptors (Lipinski definition) is 7. The van der Waals surface area contributed by atoms with Gasteiger partial charge in [0, 0.05) is 11.3 Å². The first kappa shape index (κ1) is 15.7. The van der Waals surface area contributed by atoms with Crippen LogP contribution >= 0.6 is 11.3 Å². The van der Waals surface area contributed by atoms with E-state index in [0.29, 0.717) is 17.6 Å². The maximum atomic E-state index is 8.74. The molecule has 2 aromatic heterocycles. The average Bonchev–Trinajstić information content (AvgIpc) is 2.95. The molecule has 1 unspecified atom stereocenters. The van der Waals surface area contributed by atoms with E-state index in [4.69, 9.17) is 9.84 Å². The smallest absolute Gasteiger partial charge is 0.234 e. The van der Waals surface area contributed by atoms with Gasteiger partial charge in [0.2, 0.25) is 5.88 Å². The van der Waals surface area contributed by atoms with Gasteiger partial charge in [-0.25, -0.2) is 4.98 Å². The van der Waals surface area contributed by atoms with Crippen molar-refractivity contribution in [3.05, 3.63) is 28.5 Å². The van der Waals surface area contributed by atoms with Crippen molar-refractivity contribution in [3.63, 3.8) is 0 Å². The SMILES string of the molecule is CC(C)c1nc(C(C)Nc2cncc(OCCO)n2)cs1. The number of hydrogen-bond donors (Lipinski definition) is 2. The summed E-state index contributed by atoms with van der Waals surface area (Å²) in [6.45, 7) is 6.45. The maximum Gasteiger partial charge on any atom is 0.234 e. The third kappa shape index (κ3) is 4.37. The second-order valence-corrected chi connectivity index (χ2v) is 5.84. The van der Waals surface area contributed by atoms with Crippen LogP contribution in [0.1, 0.15) is 43.4 Å².